The molecule has 1 amide bonds. The maximum atomic E-state index is 13.6. The molecule has 0 spiro atoms. The molecule has 3 rings (SSSR count). The van der Waals surface area contributed by atoms with Crippen LogP contribution in [0.4, 0.5) is 4.39 Å². The summed E-state index contributed by atoms with van der Waals surface area (Å²) in [6, 6.07) is 5.05. The summed E-state index contributed by atoms with van der Waals surface area (Å²) in [4.78, 5) is 14.4. The van der Waals surface area contributed by atoms with Crippen molar-refractivity contribution in [3.8, 4) is 0 Å². The molecule has 0 aliphatic carbocycles. The molecule has 2 aliphatic rings. The van der Waals surface area contributed by atoms with Crippen molar-refractivity contribution >= 4 is 17.5 Å². The lowest BCUT2D eigenvalue weighted by molar-refractivity contribution is -0.132. The van der Waals surface area contributed by atoms with E-state index in [1.54, 1.807) is 6.07 Å². The van der Waals surface area contributed by atoms with Gasteiger partial charge in [0.05, 0.1) is 5.02 Å². The molecule has 1 unspecified atom stereocenters. The summed E-state index contributed by atoms with van der Waals surface area (Å²) in [7, 11) is 0. The number of nitrogens with one attached hydrogen (secondary N) is 2. The molecule has 2 fully saturated rings. The molecule has 0 aromatic heterocycles. The van der Waals surface area contributed by atoms with E-state index >= 15 is 0 Å². The average Bonchev–Trinajstić information content (AvgIpc) is 3.02. The van der Waals surface area contributed by atoms with E-state index in [0.29, 0.717) is 12.3 Å². The van der Waals surface area contributed by atoms with E-state index in [-0.39, 0.29) is 22.3 Å². The summed E-state index contributed by atoms with van der Waals surface area (Å²) >= 11 is 5.75. The highest BCUT2D eigenvalue weighted by atomic mass is 35.5. The molecule has 132 valence electrons. The van der Waals surface area contributed by atoms with Gasteiger partial charge in [-0.25, -0.2) is 4.39 Å². The van der Waals surface area contributed by atoms with Gasteiger partial charge in [0.1, 0.15) is 5.82 Å². The van der Waals surface area contributed by atoms with E-state index in [1.807, 2.05) is 11.0 Å². The Bertz CT molecular complexity index is 596. The fourth-order valence-corrected chi connectivity index (χ4v) is 3.74. The third-order valence-electron chi connectivity index (χ3n) is 5.31. The normalized spacial score (nSPS) is 25.2. The molecular formula is C18H25ClFN3O. The number of carbonyl (C=O) groups is 1. The van der Waals surface area contributed by atoms with Crippen LogP contribution in [0, 0.1) is 5.82 Å². The standard InChI is InChI=1S/C18H25ClFN3O/c1-18(11-21-12-22-18)7-4-17(24)23-8-5-13(6-9-23)14-2-3-15(19)16(20)10-14/h2-3,10,13,21-22H,4-9,11-12H2,1H3. The largest absolute Gasteiger partial charge is 0.343 e. The zero-order valence-corrected chi connectivity index (χ0v) is 14.8. The fraction of sp³-hybridized carbons (Fsp3) is 0.611. The van der Waals surface area contributed by atoms with Crippen molar-refractivity contribution in [2.75, 3.05) is 26.3 Å². The molecule has 6 heteroatoms. The van der Waals surface area contributed by atoms with E-state index in [2.05, 4.69) is 17.6 Å². The van der Waals surface area contributed by atoms with Gasteiger partial charge in [0.15, 0.2) is 0 Å². The number of benzene rings is 1. The van der Waals surface area contributed by atoms with Gasteiger partial charge >= 0.3 is 0 Å². The fourth-order valence-electron chi connectivity index (χ4n) is 3.62. The number of halogens is 2. The third kappa shape index (κ3) is 4.08. The summed E-state index contributed by atoms with van der Waals surface area (Å²) < 4.78 is 13.6. The Balaban J connectivity index is 1.49. The molecule has 0 bridgehead atoms. The number of amides is 1. The lowest BCUT2D eigenvalue weighted by Gasteiger charge is -2.33. The van der Waals surface area contributed by atoms with E-state index in [9.17, 15) is 9.18 Å². The van der Waals surface area contributed by atoms with Gasteiger partial charge in [-0.3, -0.25) is 10.1 Å². The molecule has 2 N–H and O–H groups in total. The molecule has 2 aliphatic heterocycles. The number of nitrogens with zero attached hydrogens (tertiary/aromatic N) is 1. The Morgan fingerprint density at radius 2 is 2.17 bits per heavy atom. The predicted octanol–water partition coefficient (Wildman–Crippen LogP) is 2.87. The average molecular weight is 354 g/mol. The van der Waals surface area contributed by atoms with Crippen LogP contribution >= 0.6 is 11.6 Å². The van der Waals surface area contributed by atoms with Crippen LogP contribution in [-0.2, 0) is 4.79 Å². The zero-order valence-electron chi connectivity index (χ0n) is 14.1. The highest BCUT2D eigenvalue weighted by molar-refractivity contribution is 6.30. The van der Waals surface area contributed by atoms with Gasteiger partial charge < -0.3 is 10.2 Å². The summed E-state index contributed by atoms with van der Waals surface area (Å²) in [6.07, 6.45) is 3.18. The molecule has 0 saturated carbocycles. The van der Waals surface area contributed by atoms with Crippen molar-refractivity contribution in [1.29, 1.82) is 0 Å². The van der Waals surface area contributed by atoms with Gasteiger partial charge in [-0.1, -0.05) is 17.7 Å². The number of hydrogen-bond acceptors (Lipinski definition) is 3. The lowest BCUT2D eigenvalue weighted by Crippen LogP contribution is -2.42. The number of rotatable bonds is 4. The van der Waals surface area contributed by atoms with Gasteiger partial charge in [-0.05, 0) is 49.8 Å². The van der Waals surface area contributed by atoms with Crippen LogP contribution in [-0.4, -0.2) is 42.6 Å². The number of piperidine rings is 1. The van der Waals surface area contributed by atoms with Crippen molar-refractivity contribution in [2.24, 2.45) is 0 Å². The summed E-state index contributed by atoms with van der Waals surface area (Å²) in [5.41, 5.74) is 1.01. The van der Waals surface area contributed by atoms with Crippen LogP contribution < -0.4 is 10.6 Å². The first-order valence-electron chi connectivity index (χ1n) is 8.65. The first kappa shape index (κ1) is 17.6. The molecule has 2 heterocycles. The van der Waals surface area contributed by atoms with Crippen molar-refractivity contribution < 1.29 is 9.18 Å². The number of carbonyl (C=O) groups excluding carboxylic acids is 1. The second kappa shape index (κ2) is 7.38. The van der Waals surface area contributed by atoms with E-state index in [4.69, 9.17) is 11.6 Å². The van der Waals surface area contributed by atoms with Crippen LogP contribution in [0.5, 0.6) is 0 Å². The first-order chi connectivity index (χ1) is 11.5. The maximum Gasteiger partial charge on any atom is 0.222 e. The number of likely N-dealkylation sites (tertiary alicyclic amines) is 1. The predicted molar refractivity (Wildman–Crippen MR) is 93.6 cm³/mol. The Hall–Kier alpha value is -1.17. The van der Waals surface area contributed by atoms with E-state index in [0.717, 1.165) is 51.1 Å². The smallest absolute Gasteiger partial charge is 0.222 e. The van der Waals surface area contributed by atoms with Crippen molar-refractivity contribution in [3.05, 3.63) is 34.6 Å². The van der Waals surface area contributed by atoms with Crippen LogP contribution in [0.1, 0.15) is 44.1 Å². The molecular weight excluding hydrogens is 329 g/mol. The Morgan fingerprint density at radius 3 is 2.79 bits per heavy atom. The summed E-state index contributed by atoms with van der Waals surface area (Å²) in [6.45, 7) is 5.37. The van der Waals surface area contributed by atoms with Crippen molar-refractivity contribution in [2.45, 2.75) is 44.1 Å². The summed E-state index contributed by atoms with van der Waals surface area (Å²) in [5, 5.41) is 6.84. The highest BCUT2D eigenvalue weighted by Crippen LogP contribution is 2.30. The lowest BCUT2D eigenvalue weighted by atomic mass is 9.89. The Labute approximate surface area is 147 Å². The molecule has 24 heavy (non-hydrogen) atoms. The summed E-state index contributed by atoms with van der Waals surface area (Å²) in [5.74, 6) is 0.170. The molecule has 0 radical (unpaired) electrons. The Morgan fingerprint density at radius 1 is 1.42 bits per heavy atom. The molecule has 1 aromatic carbocycles. The van der Waals surface area contributed by atoms with Gasteiger partial charge in [0.2, 0.25) is 5.91 Å². The van der Waals surface area contributed by atoms with Gasteiger partial charge in [-0.15, -0.1) is 0 Å². The van der Waals surface area contributed by atoms with Crippen LogP contribution in [0.25, 0.3) is 0 Å². The second-order valence-electron chi connectivity index (χ2n) is 7.17. The Kier molecular flexibility index (Phi) is 5.42. The molecule has 2 saturated heterocycles. The van der Waals surface area contributed by atoms with Crippen LogP contribution in [0.15, 0.2) is 18.2 Å². The van der Waals surface area contributed by atoms with Gasteiger partial charge in [-0.2, -0.15) is 0 Å². The molecule has 1 atom stereocenters. The SMILES string of the molecule is CC1(CCC(=O)N2CCC(c3ccc(Cl)c(F)c3)CC2)CNCN1. The second-order valence-corrected chi connectivity index (χ2v) is 7.58. The van der Waals surface area contributed by atoms with Crippen molar-refractivity contribution in [1.82, 2.24) is 15.5 Å². The van der Waals surface area contributed by atoms with Crippen molar-refractivity contribution in [3.63, 3.8) is 0 Å². The first-order valence-corrected chi connectivity index (χ1v) is 9.03. The molecule has 4 nitrogen and oxygen atoms in total. The minimum atomic E-state index is -0.362. The van der Waals surface area contributed by atoms with Crippen LogP contribution in [0.3, 0.4) is 0 Å². The topological polar surface area (TPSA) is 44.4 Å². The maximum absolute atomic E-state index is 13.6. The van der Waals surface area contributed by atoms with Gasteiger partial charge in [0, 0.05) is 38.3 Å². The van der Waals surface area contributed by atoms with E-state index in [1.165, 1.54) is 6.07 Å². The monoisotopic (exact) mass is 353 g/mol. The van der Waals surface area contributed by atoms with Crippen LogP contribution in [0.2, 0.25) is 5.02 Å². The highest BCUT2D eigenvalue weighted by Gasteiger charge is 2.30. The molecule has 1 aromatic rings. The number of hydrogen-bond donors (Lipinski definition) is 2. The third-order valence-corrected chi connectivity index (χ3v) is 5.62. The quantitative estimate of drug-likeness (QED) is 0.874. The van der Waals surface area contributed by atoms with E-state index < -0.39 is 0 Å². The zero-order chi connectivity index (χ0) is 17.2. The van der Waals surface area contributed by atoms with Gasteiger partial charge in [0.25, 0.3) is 0 Å². The minimum Gasteiger partial charge on any atom is -0.343 e. The minimum absolute atomic E-state index is 0.0226.